The first kappa shape index (κ1) is 20.4. The van der Waals surface area contributed by atoms with E-state index in [1.54, 1.807) is 13.0 Å². The van der Waals surface area contributed by atoms with E-state index in [-0.39, 0.29) is 16.5 Å². The van der Waals surface area contributed by atoms with E-state index in [0.29, 0.717) is 18.4 Å². The van der Waals surface area contributed by atoms with Crippen LogP contribution in [0.1, 0.15) is 61.4 Å². The topological polar surface area (TPSA) is 113 Å². The third-order valence-electron chi connectivity index (χ3n) is 4.60. The van der Waals surface area contributed by atoms with Crippen LogP contribution >= 0.6 is 0 Å². The molecule has 1 aliphatic carbocycles. The second-order valence-electron chi connectivity index (χ2n) is 6.74. The van der Waals surface area contributed by atoms with E-state index in [4.69, 9.17) is 5.11 Å². The molecule has 1 fully saturated rings. The molecule has 1 unspecified atom stereocenters. The Balaban J connectivity index is 2.22. The third kappa shape index (κ3) is 5.04. The second-order valence-corrected chi connectivity index (χ2v) is 8.42. The molecule has 144 valence electrons. The number of benzene rings is 1. The molecule has 0 heterocycles. The highest BCUT2D eigenvalue weighted by molar-refractivity contribution is 7.89. The summed E-state index contributed by atoms with van der Waals surface area (Å²) in [5.74, 6) is -1.70. The van der Waals surface area contributed by atoms with Crippen molar-refractivity contribution in [2.24, 2.45) is 0 Å². The lowest BCUT2D eigenvalue weighted by atomic mass is 10.1. The molecule has 1 aliphatic rings. The maximum absolute atomic E-state index is 12.7. The minimum absolute atomic E-state index is 0.0550. The minimum Gasteiger partial charge on any atom is -0.480 e. The van der Waals surface area contributed by atoms with Gasteiger partial charge in [-0.3, -0.25) is 4.79 Å². The Labute approximate surface area is 154 Å². The summed E-state index contributed by atoms with van der Waals surface area (Å²) in [6, 6.07) is 3.31. The fourth-order valence-electron chi connectivity index (χ4n) is 3.15. The van der Waals surface area contributed by atoms with E-state index in [9.17, 15) is 18.0 Å². The van der Waals surface area contributed by atoms with Crippen molar-refractivity contribution >= 4 is 21.9 Å². The van der Waals surface area contributed by atoms with Crippen molar-refractivity contribution in [3.63, 3.8) is 0 Å². The van der Waals surface area contributed by atoms with Gasteiger partial charge in [-0.2, -0.15) is 0 Å². The number of carbonyl (C=O) groups excluding carboxylic acids is 1. The van der Waals surface area contributed by atoms with Crippen molar-refractivity contribution in [1.82, 2.24) is 10.0 Å². The number of aryl methyl sites for hydroxylation is 1. The molecule has 0 spiro atoms. The molecule has 1 aromatic rings. The van der Waals surface area contributed by atoms with Gasteiger partial charge >= 0.3 is 5.97 Å². The minimum atomic E-state index is -3.73. The lowest BCUT2D eigenvalue weighted by molar-refractivity contribution is -0.139. The van der Waals surface area contributed by atoms with Gasteiger partial charge in [-0.1, -0.05) is 32.3 Å². The zero-order valence-electron chi connectivity index (χ0n) is 15.1. The van der Waals surface area contributed by atoms with E-state index < -0.39 is 27.9 Å². The summed E-state index contributed by atoms with van der Waals surface area (Å²) in [4.78, 5) is 23.6. The van der Waals surface area contributed by atoms with Crippen molar-refractivity contribution < 1.29 is 23.1 Å². The molecule has 2 rings (SSSR count). The summed E-state index contributed by atoms with van der Waals surface area (Å²) in [7, 11) is -3.73. The van der Waals surface area contributed by atoms with Crippen molar-refractivity contribution in [2.75, 3.05) is 0 Å². The SMILES string of the molecule is CCCC(NC(=O)c1ccc(C)c(S(=O)(=O)NC2CCCC2)c1)C(=O)O. The van der Waals surface area contributed by atoms with Gasteiger partial charge in [0, 0.05) is 11.6 Å². The summed E-state index contributed by atoms with van der Waals surface area (Å²) >= 11 is 0. The number of carboxylic acids is 1. The normalized spacial score (nSPS) is 16.4. The first-order valence-electron chi connectivity index (χ1n) is 8.91. The number of sulfonamides is 1. The van der Waals surface area contributed by atoms with Gasteiger partial charge < -0.3 is 10.4 Å². The largest absolute Gasteiger partial charge is 0.480 e. The van der Waals surface area contributed by atoms with E-state index >= 15 is 0 Å². The molecule has 0 saturated heterocycles. The van der Waals surface area contributed by atoms with Crippen LogP contribution < -0.4 is 10.0 Å². The Hall–Kier alpha value is -1.93. The lowest BCUT2D eigenvalue weighted by Gasteiger charge is -2.16. The molecule has 1 atom stereocenters. The molecule has 0 aliphatic heterocycles. The van der Waals surface area contributed by atoms with Crippen LogP contribution in [0.5, 0.6) is 0 Å². The zero-order chi connectivity index (χ0) is 19.3. The molecule has 0 radical (unpaired) electrons. The Bertz CT molecular complexity index is 770. The first-order valence-corrected chi connectivity index (χ1v) is 10.4. The highest BCUT2D eigenvalue weighted by atomic mass is 32.2. The van der Waals surface area contributed by atoms with Crippen LogP contribution in [0.3, 0.4) is 0 Å². The van der Waals surface area contributed by atoms with Gasteiger partial charge in [0.2, 0.25) is 10.0 Å². The molecular weight excluding hydrogens is 356 g/mol. The van der Waals surface area contributed by atoms with E-state index in [2.05, 4.69) is 10.0 Å². The molecule has 8 heteroatoms. The third-order valence-corrected chi connectivity index (χ3v) is 6.26. The quantitative estimate of drug-likeness (QED) is 0.638. The molecular formula is C18H26N2O5S. The summed E-state index contributed by atoms with van der Waals surface area (Å²) in [5.41, 5.74) is 0.667. The Morgan fingerprint density at radius 2 is 1.92 bits per heavy atom. The summed E-state index contributed by atoms with van der Waals surface area (Å²) in [6.07, 6.45) is 4.55. The highest BCUT2D eigenvalue weighted by Crippen LogP contribution is 2.22. The van der Waals surface area contributed by atoms with Crippen LogP contribution in [0.15, 0.2) is 23.1 Å². The summed E-state index contributed by atoms with van der Waals surface area (Å²) in [5, 5.41) is 11.6. The van der Waals surface area contributed by atoms with Gasteiger partial charge in [-0.15, -0.1) is 0 Å². The fourth-order valence-corrected chi connectivity index (χ4v) is 4.72. The number of hydrogen-bond donors (Lipinski definition) is 3. The van der Waals surface area contributed by atoms with Crippen molar-refractivity contribution in [3.05, 3.63) is 29.3 Å². The predicted molar refractivity (Wildman–Crippen MR) is 97.6 cm³/mol. The van der Waals surface area contributed by atoms with Gasteiger partial charge in [-0.25, -0.2) is 17.9 Å². The van der Waals surface area contributed by atoms with E-state index in [0.717, 1.165) is 25.7 Å². The number of nitrogens with one attached hydrogen (secondary N) is 2. The maximum Gasteiger partial charge on any atom is 0.326 e. The van der Waals surface area contributed by atoms with E-state index in [1.807, 2.05) is 6.92 Å². The molecule has 1 saturated carbocycles. The fraction of sp³-hybridized carbons (Fsp3) is 0.556. The number of rotatable bonds is 8. The predicted octanol–water partition coefficient (Wildman–Crippen LogP) is 2.20. The van der Waals surface area contributed by atoms with E-state index in [1.165, 1.54) is 12.1 Å². The molecule has 7 nitrogen and oxygen atoms in total. The standard InChI is InChI=1S/C18H26N2O5S/c1-3-6-15(18(22)23)19-17(21)13-10-9-12(2)16(11-13)26(24,25)20-14-7-4-5-8-14/h9-11,14-15,20H,3-8H2,1-2H3,(H,19,21)(H,22,23). The monoisotopic (exact) mass is 382 g/mol. The Morgan fingerprint density at radius 1 is 1.27 bits per heavy atom. The molecule has 1 aromatic carbocycles. The van der Waals surface area contributed by atoms with Gasteiger partial charge in [-0.05, 0) is 43.9 Å². The van der Waals surface area contributed by atoms with Crippen LogP contribution in [0, 0.1) is 6.92 Å². The van der Waals surface area contributed by atoms with Crippen molar-refractivity contribution in [2.45, 2.75) is 69.4 Å². The van der Waals surface area contributed by atoms with Gasteiger partial charge in [0.25, 0.3) is 5.91 Å². The average molecular weight is 382 g/mol. The Morgan fingerprint density at radius 3 is 2.50 bits per heavy atom. The van der Waals surface area contributed by atoms with Crippen molar-refractivity contribution in [1.29, 1.82) is 0 Å². The number of carboxylic acid groups (broad SMARTS) is 1. The first-order chi connectivity index (χ1) is 12.2. The average Bonchev–Trinajstić information content (AvgIpc) is 3.06. The lowest BCUT2D eigenvalue weighted by Crippen LogP contribution is -2.40. The van der Waals surface area contributed by atoms with Gasteiger partial charge in [0.05, 0.1) is 4.90 Å². The molecule has 26 heavy (non-hydrogen) atoms. The Kier molecular flexibility index (Phi) is 6.77. The molecule has 0 aromatic heterocycles. The molecule has 3 N–H and O–H groups in total. The van der Waals surface area contributed by atoms with Gasteiger partial charge in [0.15, 0.2) is 0 Å². The molecule has 0 bridgehead atoms. The number of amides is 1. The van der Waals surface area contributed by atoms with Crippen LogP contribution in [0.25, 0.3) is 0 Å². The van der Waals surface area contributed by atoms with Crippen LogP contribution in [0.2, 0.25) is 0 Å². The zero-order valence-corrected chi connectivity index (χ0v) is 15.9. The van der Waals surface area contributed by atoms with Crippen LogP contribution in [-0.4, -0.2) is 37.5 Å². The van der Waals surface area contributed by atoms with Crippen LogP contribution in [-0.2, 0) is 14.8 Å². The second kappa shape index (κ2) is 8.64. The molecule has 1 amide bonds. The maximum atomic E-state index is 12.7. The highest BCUT2D eigenvalue weighted by Gasteiger charge is 2.26. The van der Waals surface area contributed by atoms with Crippen LogP contribution in [0.4, 0.5) is 0 Å². The van der Waals surface area contributed by atoms with Gasteiger partial charge in [0.1, 0.15) is 6.04 Å². The van der Waals surface area contributed by atoms with Crippen molar-refractivity contribution in [3.8, 4) is 0 Å². The number of aliphatic carboxylic acids is 1. The summed E-state index contributed by atoms with van der Waals surface area (Å²) < 4.78 is 28.1. The number of carbonyl (C=O) groups is 2. The summed E-state index contributed by atoms with van der Waals surface area (Å²) in [6.45, 7) is 3.50. The number of hydrogen-bond acceptors (Lipinski definition) is 4. The smallest absolute Gasteiger partial charge is 0.326 e.